The summed E-state index contributed by atoms with van der Waals surface area (Å²) in [6, 6.07) is 8.42. The molecule has 0 spiro atoms. The zero-order valence-electron chi connectivity index (χ0n) is 10.0. The number of hydrogen-bond donors (Lipinski definition) is 0. The summed E-state index contributed by atoms with van der Waals surface area (Å²) in [5, 5.41) is 0. The second kappa shape index (κ2) is 3.58. The van der Waals surface area contributed by atoms with E-state index in [4.69, 9.17) is 4.18 Å². The molecule has 3 unspecified atom stereocenters. The Kier molecular flexibility index (Phi) is 2.19. The van der Waals surface area contributed by atoms with Crippen LogP contribution in [0.1, 0.15) is 12.8 Å². The fourth-order valence-corrected chi connectivity index (χ4v) is 5.27. The van der Waals surface area contributed by atoms with Gasteiger partial charge in [0.25, 0.3) is 10.1 Å². The van der Waals surface area contributed by atoms with Crippen molar-refractivity contribution in [3.05, 3.63) is 30.3 Å². The molecular formula is C14H16O3S. The van der Waals surface area contributed by atoms with E-state index in [1.165, 1.54) is 12.8 Å². The normalized spacial score (nSPS) is 40.1. The summed E-state index contributed by atoms with van der Waals surface area (Å²) in [6.45, 7) is 0.388. The molecule has 5 rings (SSSR count). The Labute approximate surface area is 107 Å². The van der Waals surface area contributed by atoms with E-state index in [2.05, 4.69) is 0 Å². The molecule has 4 heteroatoms. The van der Waals surface area contributed by atoms with Gasteiger partial charge < -0.3 is 0 Å². The Morgan fingerprint density at radius 2 is 1.78 bits per heavy atom. The topological polar surface area (TPSA) is 43.4 Å². The van der Waals surface area contributed by atoms with Gasteiger partial charge in [-0.2, -0.15) is 8.42 Å². The van der Waals surface area contributed by atoms with E-state index < -0.39 is 10.1 Å². The first-order chi connectivity index (χ1) is 8.67. The lowest BCUT2D eigenvalue weighted by molar-refractivity contribution is 0.223. The van der Waals surface area contributed by atoms with E-state index >= 15 is 0 Å². The molecule has 0 N–H and O–H groups in total. The third-order valence-corrected chi connectivity index (χ3v) is 6.39. The third kappa shape index (κ3) is 1.48. The van der Waals surface area contributed by atoms with E-state index in [0.717, 1.165) is 23.7 Å². The smallest absolute Gasteiger partial charge is 0.266 e. The van der Waals surface area contributed by atoms with Gasteiger partial charge in [0.05, 0.1) is 11.5 Å². The van der Waals surface area contributed by atoms with Crippen molar-refractivity contribution in [2.45, 2.75) is 17.7 Å². The van der Waals surface area contributed by atoms with Crippen LogP contribution in [0.25, 0.3) is 0 Å². The summed E-state index contributed by atoms with van der Waals surface area (Å²) in [7, 11) is -3.56. The quantitative estimate of drug-likeness (QED) is 0.784. The molecule has 0 saturated heterocycles. The van der Waals surface area contributed by atoms with Crippen molar-refractivity contribution in [2.24, 2.45) is 29.6 Å². The molecule has 0 heterocycles. The molecule has 4 aliphatic rings. The van der Waals surface area contributed by atoms with Crippen LogP contribution in [0.3, 0.4) is 0 Å². The SMILES string of the molecule is O=S(=O)(OCC1C2CC3C(C2)C13)c1ccccc1. The fraction of sp³-hybridized carbons (Fsp3) is 0.571. The van der Waals surface area contributed by atoms with Gasteiger partial charge in [-0.1, -0.05) is 18.2 Å². The van der Waals surface area contributed by atoms with Gasteiger partial charge in [-0.15, -0.1) is 0 Å². The van der Waals surface area contributed by atoms with Crippen LogP contribution in [0.2, 0.25) is 0 Å². The molecule has 1 aromatic carbocycles. The summed E-state index contributed by atoms with van der Waals surface area (Å²) in [4.78, 5) is 0.266. The van der Waals surface area contributed by atoms with Gasteiger partial charge in [0.15, 0.2) is 0 Å². The van der Waals surface area contributed by atoms with E-state index in [1.807, 2.05) is 0 Å². The van der Waals surface area contributed by atoms with Gasteiger partial charge in [0.1, 0.15) is 0 Å². The predicted molar refractivity (Wildman–Crippen MR) is 66.3 cm³/mol. The number of hydrogen-bond acceptors (Lipinski definition) is 3. The molecule has 0 radical (unpaired) electrons. The summed E-state index contributed by atoms with van der Waals surface area (Å²) >= 11 is 0. The highest BCUT2D eigenvalue weighted by Gasteiger charge is 2.68. The van der Waals surface area contributed by atoms with Crippen LogP contribution < -0.4 is 0 Å². The molecule has 18 heavy (non-hydrogen) atoms. The van der Waals surface area contributed by atoms with Crippen LogP contribution in [-0.4, -0.2) is 15.0 Å². The Bertz CT molecular complexity index is 552. The van der Waals surface area contributed by atoms with Crippen LogP contribution in [0.15, 0.2) is 35.2 Å². The van der Waals surface area contributed by atoms with Crippen molar-refractivity contribution in [1.82, 2.24) is 0 Å². The highest BCUT2D eigenvalue weighted by molar-refractivity contribution is 7.86. The van der Waals surface area contributed by atoms with E-state index in [-0.39, 0.29) is 4.90 Å². The lowest BCUT2D eigenvalue weighted by atomic mass is 10.00. The maximum Gasteiger partial charge on any atom is 0.296 e. The molecule has 3 nitrogen and oxygen atoms in total. The Balaban J connectivity index is 1.46. The van der Waals surface area contributed by atoms with Gasteiger partial charge in [-0.3, -0.25) is 4.18 Å². The molecule has 96 valence electrons. The van der Waals surface area contributed by atoms with Crippen LogP contribution in [-0.2, 0) is 14.3 Å². The Morgan fingerprint density at radius 1 is 1.11 bits per heavy atom. The molecule has 4 bridgehead atoms. The average Bonchev–Trinajstić information content (AvgIpc) is 2.78. The van der Waals surface area contributed by atoms with E-state index in [9.17, 15) is 8.42 Å². The molecular weight excluding hydrogens is 248 g/mol. The van der Waals surface area contributed by atoms with Crippen molar-refractivity contribution in [3.8, 4) is 0 Å². The van der Waals surface area contributed by atoms with Crippen molar-refractivity contribution >= 4 is 10.1 Å². The third-order valence-electron chi connectivity index (χ3n) is 5.10. The van der Waals surface area contributed by atoms with Crippen LogP contribution in [0.5, 0.6) is 0 Å². The van der Waals surface area contributed by atoms with Crippen LogP contribution >= 0.6 is 0 Å². The summed E-state index contributed by atoms with van der Waals surface area (Å²) in [6.07, 6.45) is 2.63. The highest BCUT2D eigenvalue weighted by Crippen LogP contribution is 2.73. The number of benzene rings is 1. The monoisotopic (exact) mass is 264 g/mol. The second-order valence-electron chi connectivity index (χ2n) is 5.85. The zero-order chi connectivity index (χ0) is 12.3. The summed E-state index contributed by atoms with van der Waals surface area (Å²) in [5.41, 5.74) is 0. The van der Waals surface area contributed by atoms with Gasteiger partial charge in [-0.05, 0) is 54.6 Å². The van der Waals surface area contributed by atoms with E-state index in [0.29, 0.717) is 12.5 Å². The predicted octanol–water partition coefficient (Wildman–Crippen LogP) is 2.29. The summed E-state index contributed by atoms with van der Waals surface area (Å²) in [5.74, 6) is 3.82. The first kappa shape index (κ1) is 11.0. The van der Waals surface area contributed by atoms with Gasteiger partial charge >= 0.3 is 0 Å². The molecule has 1 aromatic rings. The molecule has 0 amide bonds. The standard InChI is InChI=1S/C14H16O3S/c15-18(16,10-4-2-1-3-5-10)17-8-13-9-6-11-12(7-9)14(11)13/h1-5,9,11-14H,6-8H2. The Hall–Kier alpha value is -0.870. The van der Waals surface area contributed by atoms with Crippen molar-refractivity contribution < 1.29 is 12.6 Å². The molecule has 4 fully saturated rings. The molecule has 0 aliphatic heterocycles. The minimum absolute atomic E-state index is 0.266. The van der Waals surface area contributed by atoms with Crippen molar-refractivity contribution in [1.29, 1.82) is 0 Å². The highest BCUT2D eigenvalue weighted by atomic mass is 32.2. The maximum atomic E-state index is 12.0. The average molecular weight is 264 g/mol. The zero-order valence-corrected chi connectivity index (χ0v) is 10.8. The van der Waals surface area contributed by atoms with E-state index in [1.54, 1.807) is 30.3 Å². The first-order valence-electron chi connectivity index (χ1n) is 6.61. The van der Waals surface area contributed by atoms with Crippen molar-refractivity contribution in [2.75, 3.05) is 6.61 Å². The first-order valence-corrected chi connectivity index (χ1v) is 8.02. The van der Waals surface area contributed by atoms with Crippen LogP contribution in [0.4, 0.5) is 0 Å². The molecule has 3 atom stereocenters. The van der Waals surface area contributed by atoms with Gasteiger partial charge in [-0.25, -0.2) is 0 Å². The maximum absolute atomic E-state index is 12.0. The van der Waals surface area contributed by atoms with Crippen molar-refractivity contribution in [3.63, 3.8) is 0 Å². The van der Waals surface area contributed by atoms with Gasteiger partial charge in [0.2, 0.25) is 0 Å². The number of rotatable bonds is 4. The minimum atomic E-state index is -3.56. The van der Waals surface area contributed by atoms with Crippen LogP contribution in [0, 0.1) is 29.6 Å². The second-order valence-corrected chi connectivity index (χ2v) is 7.47. The molecule has 4 aliphatic carbocycles. The summed E-state index contributed by atoms with van der Waals surface area (Å²) < 4.78 is 29.3. The minimum Gasteiger partial charge on any atom is -0.266 e. The fourth-order valence-electron chi connectivity index (χ4n) is 4.30. The molecule has 0 aromatic heterocycles. The largest absolute Gasteiger partial charge is 0.296 e. The Morgan fingerprint density at radius 3 is 2.33 bits per heavy atom. The molecule has 4 saturated carbocycles. The lowest BCUT2D eigenvalue weighted by Crippen LogP contribution is -2.17. The van der Waals surface area contributed by atoms with Gasteiger partial charge in [0, 0.05) is 0 Å². The lowest BCUT2D eigenvalue weighted by Gasteiger charge is -2.14.